The number of nitriles is 1. The van der Waals surface area contributed by atoms with Crippen molar-refractivity contribution in [1.29, 1.82) is 5.26 Å². The first-order chi connectivity index (χ1) is 22.7. The first-order valence-corrected chi connectivity index (χ1v) is 16.9. The van der Waals surface area contributed by atoms with Gasteiger partial charge in [-0.2, -0.15) is 9.57 Å². The average Bonchev–Trinajstić information content (AvgIpc) is 3.40. The summed E-state index contributed by atoms with van der Waals surface area (Å²) in [5.41, 5.74) is 2.20. The van der Waals surface area contributed by atoms with E-state index in [9.17, 15) is 23.3 Å². The zero-order chi connectivity index (χ0) is 32.8. The molecule has 4 heterocycles. The molecular formula is C36H32N6O4S. The van der Waals surface area contributed by atoms with Crippen molar-refractivity contribution in [3.63, 3.8) is 0 Å². The lowest BCUT2D eigenvalue weighted by Gasteiger charge is -2.28. The molecule has 2 aliphatic heterocycles. The van der Waals surface area contributed by atoms with Gasteiger partial charge < -0.3 is 5.32 Å². The van der Waals surface area contributed by atoms with E-state index in [-0.39, 0.29) is 42.7 Å². The van der Waals surface area contributed by atoms with Gasteiger partial charge in [0.05, 0.1) is 16.5 Å². The molecule has 1 aliphatic carbocycles. The fourth-order valence-electron chi connectivity index (χ4n) is 7.04. The minimum absolute atomic E-state index is 0.0781. The van der Waals surface area contributed by atoms with E-state index >= 15 is 0 Å². The van der Waals surface area contributed by atoms with Gasteiger partial charge in [-0.05, 0) is 78.2 Å². The smallest absolute Gasteiger partial charge is 0.254 e. The van der Waals surface area contributed by atoms with Crippen molar-refractivity contribution >= 4 is 21.7 Å². The summed E-state index contributed by atoms with van der Waals surface area (Å²) in [6.07, 6.45) is 8.88. The highest BCUT2D eigenvalue weighted by Crippen LogP contribution is 2.53. The van der Waals surface area contributed by atoms with Gasteiger partial charge in [-0.25, -0.2) is 8.42 Å². The number of benzene rings is 2. The number of hydrogen-bond acceptors (Lipinski definition) is 8. The highest BCUT2D eigenvalue weighted by molar-refractivity contribution is 7.89. The summed E-state index contributed by atoms with van der Waals surface area (Å²) >= 11 is 0. The molecule has 0 spiro atoms. The lowest BCUT2D eigenvalue weighted by molar-refractivity contribution is -0.132. The number of amides is 1. The maximum Gasteiger partial charge on any atom is 0.254 e. The van der Waals surface area contributed by atoms with Gasteiger partial charge >= 0.3 is 0 Å². The number of allylic oxidation sites excluding steroid dienone is 1. The fraction of sp³-hybridized carbons (Fsp3) is 0.250. The Kier molecular flexibility index (Phi) is 7.70. The van der Waals surface area contributed by atoms with Gasteiger partial charge in [0.25, 0.3) is 5.91 Å². The van der Waals surface area contributed by atoms with Crippen LogP contribution in [-0.4, -0.2) is 64.0 Å². The SMILES string of the molecule is Cc1ccccc1S(=O)(=O)N1CC2C(C1)C2N1C(=O)C(Cc2ccncc2)(Cc2ccncc2)N/C1=C\C(=O)c1ccc(C#N)cc1. The maximum absolute atomic E-state index is 14.8. The number of aryl methyl sites for hydroxylation is 1. The molecule has 2 unspecified atom stereocenters. The van der Waals surface area contributed by atoms with Gasteiger partial charge in [0.2, 0.25) is 10.0 Å². The minimum atomic E-state index is -3.70. The van der Waals surface area contributed by atoms with Crippen molar-refractivity contribution in [3.8, 4) is 6.07 Å². The van der Waals surface area contributed by atoms with Crippen molar-refractivity contribution in [2.45, 2.75) is 36.2 Å². The molecule has 2 aromatic heterocycles. The number of fused-ring (bicyclic) bond motifs is 1. The quantitative estimate of drug-likeness (QED) is 0.216. The van der Waals surface area contributed by atoms with Gasteiger partial charge in [-0.3, -0.25) is 24.5 Å². The first kappa shape index (κ1) is 30.5. The Morgan fingerprint density at radius 3 is 2.06 bits per heavy atom. The standard InChI is InChI=1S/C36H32N6O4S/c1-24-4-2-3-5-32(24)47(45,46)41-22-29-30(23-41)34(29)42-33(18-31(43)28-8-6-27(21-37)7-9-28)40-36(35(42)44,19-25-10-14-38-15-11-25)20-26-12-16-39-17-13-26/h2-18,29-30,34,40H,19-20,22-23H2,1H3/b33-18+. The van der Waals surface area contributed by atoms with Crippen LogP contribution in [0, 0.1) is 30.1 Å². The van der Waals surface area contributed by atoms with Gasteiger partial charge in [0.1, 0.15) is 11.4 Å². The largest absolute Gasteiger partial charge is 0.357 e. The lowest BCUT2D eigenvalue weighted by Crippen LogP contribution is -2.51. The van der Waals surface area contributed by atoms with E-state index in [4.69, 9.17) is 0 Å². The molecule has 236 valence electrons. The third-order valence-electron chi connectivity index (χ3n) is 9.46. The Morgan fingerprint density at radius 2 is 1.51 bits per heavy atom. The zero-order valence-corrected chi connectivity index (χ0v) is 26.5. The lowest BCUT2D eigenvalue weighted by atomic mass is 9.85. The van der Waals surface area contributed by atoms with Crippen molar-refractivity contribution < 1.29 is 18.0 Å². The number of piperidine rings is 1. The number of pyridine rings is 2. The topological polar surface area (TPSA) is 136 Å². The second-order valence-electron chi connectivity index (χ2n) is 12.4. The Morgan fingerprint density at radius 1 is 0.936 bits per heavy atom. The molecule has 0 bridgehead atoms. The predicted molar refractivity (Wildman–Crippen MR) is 173 cm³/mol. The van der Waals surface area contributed by atoms with E-state index in [0.29, 0.717) is 40.2 Å². The number of nitrogens with one attached hydrogen (secondary N) is 1. The van der Waals surface area contributed by atoms with Crippen LogP contribution >= 0.6 is 0 Å². The monoisotopic (exact) mass is 644 g/mol. The van der Waals surface area contributed by atoms with Crippen molar-refractivity contribution in [3.05, 3.63) is 137 Å². The Hall–Kier alpha value is -5.18. The van der Waals surface area contributed by atoms with Crippen LogP contribution in [0.25, 0.3) is 0 Å². The van der Waals surface area contributed by atoms with E-state index < -0.39 is 15.6 Å². The second-order valence-corrected chi connectivity index (χ2v) is 14.3. The van der Waals surface area contributed by atoms with E-state index in [2.05, 4.69) is 21.4 Å². The third-order valence-corrected chi connectivity index (χ3v) is 11.4. The molecule has 7 rings (SSSR count). The first-order valence-electron chi connectivity index (χ1n) is 15.4. The molecule has 1 amide bonds. The number of carbonyl (C=O) groups is 2. The van der Waals surface area contributed by atoms with Crippen LogP contribution in [0.5, 0.6) is 0 Å². The summed E-state index contributed by atoms with van der Waals surface area (Å²) in [4.78, 5) is 38.7. The molecule has 47 heavy (non-hydrogen) atoms. The van der Waals surface area contributed by atoms with Gasteiger partial charge in [-0.15, -0.1) is 0 Å². The molecule has 2 aromatic carbocycles. The maximum atomic E-state index is 14.8. The van der Waals surface area contributed by atoms with Gasteiger partial charge in [0, 0.05) is 80.2 Å². The zero-order valence-electron chi connectivity index (χ0n) is 25.7. The number of nitrogens with zero attached hydrogens (tertiary/aromatic N) is 5. The molecule has 11 heteroatoms. The Labute approximate surface area is 273 Å². The van der Waals surface area contributed by atoms with E-state index in [1.54, 1.807) is 79.1 Å². The van der Waals surface area contributed by atoms with E-state index in [1.165, 1.54) is 10.4 Å². The summed E-state index contributed by atoms with van der Waals surface area (Å²) in [6.45, 7) is 2.36. The Bertz CT molecular complexity index is 1970. The van der Waals surface area contributed by atoms with Crippen molar-refractivity contribution in [2.24, 2.45) is 11.8 Å². The Balaban J connectivity index is 1.24. The van der Waals surface area contributed by atoms with Crippen LogP contribution < -0.4 is 5.32 Å². The van der Waals surface area contributed by atoms with Crippen LogP contribution in [0.3, 0.4) is 0 Å². The van der Waals surface area contributed by atoms with Crippen LogP contribution in [0.1, 0.15) is 32.6 Å². The molecular weight excluding hydrogens is 613 g/mol. The highest BCUT2D eigenvalue weighted by Gasteiger charge is 2.65. The molecule has 1 N–H and O–H groups in total. The number of hydrogen-bond donors (Lipinski definition) is 1. The predicted octanol–water partition coefficient (Wildman–Crippen LogP) is 3.66. The number of ketones is 1. The molecule has 1 saturated carbocycles. The normalized spacial score (nSPS) is 22.5. The number of carbonyl (C=O) groups excluding carboxylic acids is 2. The summed E-state index contributed by atoms with van der Waals surface area (Å²) in [5, 5.41) is 12.7. The number of aromatic nitrogens is 2. The van der Waals surface area contributed by atoms with Gasteiger partial charge in [-0.1, -0.05) is 18.2 Å². The van der Waals surface area contributed by atoms with Crippen LogP contribution in [0.4, 0.5) is 0 Å². The molecule has 2 atom stereocenters. The van der Waals surface area contributed by atoms with E-state index in [1.807, 2.05) is 30.3 Å². The number of sulfonamides is 1. The van der Waals surface area contributed by atoms with Crippen molar-refractivity contribution in [1.82, 2.24) is 24.5 Å². The molecule has 2 saturated heterocycles. The van der Waals surface area contributed by atoms with Gasteiger partial charge in [0.15, 0.2) is 5.78 Å². The third kappa shape index (κ3) is 5.60. The van der Waals surface area contributed by atoms with Crippen molar-refractivity contribution in [2.75, 3.05) is 13.1 Å². The second kappa shape index (κ2) is 11.9. The molecule has 3 aliphatic rings. The molecule has 3 fully saturated rings. The summed E-state index contributed by atoms with van der Waals surface area (Å²) in [7, 11) is -3.70. The minimum Gasteiger partial charge on any atom is -0.357 e. The summed E-state index contributed by atoms with van der Waals surface area (Å²) in [6, 6.07) is 22.6. The van der Waals surface area contributed by atoms with Crippen LogP contribution in [-0.2, 0) is 27.7 Å². The van der Waals surface area contributed by atoms with E-state index in [0.717, 1.165) is 11.1 Å². The van der Waals surface area contributed by atoms with Crippen LogP contribution in [0.2, 0.25) is 0 Å². The summed E-state index contributed by atoms with van der Waals surface area (Å²) in [5.74, 6) is -0.248. The molecule has 10 nitrogen and oxygen atoms in total. The average molecular weight is 645 g/mol. The fourth-order valence-corrected chi connectivity index (χ4v) is 8.78. The molecule has 0 radical (unpaired) electrons. The highest BCUT2D eigenvalue weighted by atomic mass is 32.2. The molecule has 4 aromatic rings. The summed E-state index contributed by atoms with van der Waals surface area (Å²) < 4.78 is 28.7. The van der Waals surface area contributed by atoms with Crippen LogP contribution in [0.15, 0.2) is 114 Å². The number of rotatable bonds is 9.